The standard InChI is InChI=1S/C18H27NO2/c1-6-16-12(2)13(3)17(18(20)21-5)19(16)14(4)15-10-8-7-9-11-15/h7-14,16-17H,6H2,1-5H3/t12-,13+,14+,16-,17-/m0/s1. The zero-order chi connectivity index (χ0) is 15.6. The highest BCUT2D eigenvalue weighted by molar-refractivity contribution is 5.76. The minimum absolute atomic E-state index is 0.104. The fourth-order valence-electron chi connectivity index (χ4n) is 3.86. The van der Waals surface area contributed by atoms with Crippen LogP contribution in [0.5, 0.6) is 0 Å². The lowest BCUT2D eigenvalue weighted by Crippen LogP contribution is -2.44. The van der Waals surface area contributed by atoms with E-state index in [-0.39, 0.29) is 18.1 Å². The topological polar surface area (TPSA) is 29.5 Å². The summed E-state index contributed by atoms with van der Waals surface area (Å²) < 4.78 is 5.08. The lowest BCUT2D eigenvalue weighted by Gasteiger charge is -2.35. The van der Waals surface area contributed by atoms with Crippen LogP contribution in [0.15, 0.2) is 30.3 Å². The van der Waals surface area contributed by atoms with Crippen LogP contribution in [-0.4, -0.2) is 30.1 Å². The Balaban J connectivity index is 2.37. The molecule has 0 spiro atoms. The predicted molar refractivity (Wildman–Crippen MR) is 84.9 cm³/mol. The summed E-state index contributed by atoms with van der Waals surface area (Å²) >= 11 is 0. The summed E-state index contributed by atoms with van der Waals surface area (Å²) in [6.45, 7) is 8.83. The predicted octanol–water partition coefficient (Wildman–Crippen LogP) is 3.66. The number of benzene rings is 1. The van der Waals surface area contributed by atoms with Gasteiger partial charge in [-0.25, -0.2) is 0 Å². The van der Waals surface area contributed by atoms with Crippen molar-refractivity contribution in [3.05, 3.63) is 35.9 Å². The van der Waals surface area contributed by atoms with Crippen molar-refractivity contribution in [3.63, 3.8) is 0 Å². The minimum atomic E-state index is -0.148. The summed E-state index contributed by atoms with van der Waals surface area (Å²) in [4.78, 5) is 14.7. The molecule has 1 aromatic rings. The van der Waals surface area contributed by atoms with Gasteiger partial charge in [-0.15, -0.1) is 0 Å². The molecule has 5 atom stereocenters. The Bertz CT molecular complexity index is 473. The van der Waals surface area contributed by atoms with E-state index in [0.717, 1.165) is 6.42 Å². The molecule has 0 aromatic heterocycles. The van der Waals surface area contributed by atoms with Crippen molar-refractivity contribution >= 4 is 5.97 Å². The molecule has 3 nitrogen and oxygen atoms in total. The van der Waals surface area contributed by atoms with Crippen LogP contribution >= 0.6 is 0 Å². The van der Waals surface area contributed by atoms with Crippen molar-refractivity contribution in [2.45, 2.75) is 52.2 Å². The van der Waals surface area contributed by atoms with Crippen molar-refractivity contribution in [2.75, 3.05) is 7.11 Å². The molecule has 1 fully saturated rings. The number of esters is 1. The van der Waals surface area contributed by atoms with E-state index in [1.807, 2.05) is 6.07 Å². The summed E-state index contributed by atoms with van der Waals surface area (Å²) in [6.07, 6.45) is 1.05. The van der Waals surface area contributed by atoms with Gasteiger partial charge in [0.2, 0.25) is 0 Å². The molecule has 0 unspecified atom stereocenters. The molecule has 0 saturated carbocycles. The molecule has 0 aliphatic carbocycles. The Hall–Kier alpha value is -1.35. The Kier molecular flexibility index (Phi) is 5.04. The molecule has 1 aromatic carbocycles. The summed E-state index contributed by atoms with van der Waals surface area (Å²) in [5.41, 5.74) is 1.26. The smallest absolute Gasteiger partial charge is 0.323 e. The van der Waals surface area contributed by atoms with E-state index in [1.54, 1.807) is 0 Å². The van der Waals surface area contributed by atoms with E-state index in [0.29, 0.717) is 17.9 Å². The molecular formula is C18H27NO2. The third kappa shape index (κ3) is 2.84. The average molecular weight is 289 g/mol. The Labute approximate surface area is 128 Å². The van der Waals surface area contributed by atoms with Gasteiger partial charge in [-0.2, -0.15) is 0 Å². The highest BCUT2D eigenvalue weighted by atomic mass is 16.5. The van der Waals surface area contributed by atoms with Gasteiger partial charge in [0.15, 0.2) is 0 Å². The van der Waals surface area contributed by atoms with Crippen LogP contribution in [0.2, 0.25) is 0 Å². The van der Waals surface area contributed by atoms with Crippen LogP contribution < -0.4 is 0 Å². The first-order valence-corrected chi connectivity index (χ1v) is 7.93. The number of hydrogen-bond acceptors (Lipinski definition) is 3. The number of ether oxygens (including phenoxy) is 1. The van der Waals surface area contributed by atoms with E-state index in [9.17, 15) is 4.79 Å². The van der Waals surface area contributed by atoms with E-state index in [4.69, 9.17) is 4.74 Å². The maximum absolute atomic E-state index is 12.3. The van der Waals surface area contributed by atoms with Crippen LogP contribution in [0, 0.1) is 11.8 Å². The summed E-state index contributed by atoms with van der Waals surface area (Å²) in [7, 11) is 1.49. The number of nitrogens with zero attached hydrogens (tertiary/aromatic N) is 1. The molecule has 21 heavy (non-hydrogen) atoms. The second-order valence-corrected chi connectivity index (χ2v) is 6.20. The van der Waals surface area contributed by atoms with Gasteiger partial charge < -0.3 is 4.74 Å². The van der Waals surface area contributed by atoms with Gasteiger partial charge in [0.25, 0.3) is 0 Å². The maximum atomic E-state index is 12.3. The molecule has 1 aliphatic heterocycles. The quantitative estimate of drug-likeness (QED) is 0.792. The van der Waals surface area contributed by atoms with Gasteiger partial charge >= 0.3 is 5.97 Å². The lowest BCUT2D eigenvalue weighted by atomic mass is 9.89. The Morgan fingerprint density at radius 1 is 1.24 bits per heavy atom. The van der Waals surface area contributed by atoms with Gasteiger partial charge in [-0.1, -0.05) is 51.1 Å². The Morgan fingerprint density at radius 3 is 2.38 bits per heavy atom. The Morgan fingerprint density at radius 2 is 1.86 bits per heavy atom. The van der Waals surface area contributed by atoms with E-state index < -0.39 is 0 Å². The van der Waals surface area contributed by atoms with E-state index in [1.165, 1.54) is 12.7 Å². The van der Waals surface area contributed by atoms with Crippen molar-refractivity contribution in [1.82, 2.24) is 4.90 Å². The number of carbonyl (C=O) groups excluding carboxylic acids is 1. The zero-order valence-corrected chi connectivity index (χ0v) is 13.7. The number of hydrogen-bond donors (Lipinski definition) is 0. The minimum Gasteiger partial charge on any atom is -0.468 e. The normalized spacial score (nSPS) is 31.1. The maximum Gasteiger partial charge on any atom is 0.323 e. The third-order valence-corrected chi connectivity index (χ3v) is 5.23. The number of likely N-dealkylation sites (tertiary alicyclic amines) is 1. The second-order valence-electron chi connectivity index (χ2n) is 6.20. The van der Waals surface area contributed by atoms with Gasteiger partial charge in [-0.3, -0.25) is 9.69 Å². The van der Waals surface area contributed by atoms with Crippen LogP contribution in [0.4, 0.5) is 0 Å². The first-order chi connectivity index (χ1) is 10.0. The third-order valence-electron chi connectivity index (χ3n) is 5.23. The molecule has 1 saturated heterocycles. The van der Waals surface area contributed by atoms with Gasteiger partial charge in [0.05, 0.1) is 7.11 Å². The average Bonchev–Trinajstić information content (AvgIpc) is 2.78. The number of methoxy groups -OCH3 is 1. The SMILES string of the molecule is CC[C@H]1[C@@H](C)[C@@H](C)[C@@H](C(=O)OC)N1[C@H](C)c1ccccc1. The molecule has 0 amide bonds. The number of carbonyl (C=O) groups is 1. The largest absolute Gasteiger partial charge is 0.468 e. The van der Waals surface area contributed by atoms with Crippen LogP contribution in [0.3, 0.4) is 0 Å². The van der Waals surface area contributed by atoms with E-state index >= 15 is 0 Å². The fourth-order valence-corrected chi connectivity index (χ4v) is 3.86. The lowest BCUT2D eigenvalue weighted by molar-refractivity contribution is -0.148. The monoisotopic (exact) mass is 289 g/mol. The highest BCUT2D eigenvalue weighted by Crippen LogP contribution is 2.42. The first kappa shape index (κ1) is 16.0. The van der Waals surface area contributed by atoms with Gasteiger partial charge in [0, 0.05) is 12.1 Å². The molecule has 0 bridgehead atoms. The van der Waals surface area contributed by atoms with Crippen molar-refractivity contribution in [1.29, 1.82) is 0 Å². The summed E-state index contributed by atoms with van der Waals surface area (Å²) in [6, 6.07) is 10.9. The van der Waals surface area contributed by atoms with Crippen LogP contribution in [0.1, 0.15) is 45.7 Å². The molecule has 0 radical (unpaired) electrons. The molecule has 1 heterocycles. The van der Waals surface area contributed by atoms with Crippen LogP contribution in [0.25, 0.3) is 0 Å². The second kappa shape index (κ2) is 6.61. The molecule has 1 aliphatic rings. The molecule has 116 valence electrons. The van der Waals surface area contributed by atoms with Crippen molar-refractivity contribution < 1.29 is 9.53 Å². The highest BCUT2D eigenvalue weighted by Gasteiger charge is 2.49. The molecular weight excluding hydrogens is 262 g/mol. The molecule has 0 N–H and O–H groups in total. The molecule has 3 heteroatoms. The summed E-state index contributed by atoms with van der Waals surface area (Å²) in [5.74, 6) is 0.701. The summed E-state index contributed by atoms with van der Waals surface area (Å²) in [5, 5.41) is 0. The van der Waals surface area contributed by atoms with Gasteiger partial charge in [-0.05, 0) is 30.7 Å². The van der Waals surface area contributed by atoms with Gasteiger partial charge in [0.1, 0.15) is 6.04 Å². The van der Waals surface area contributed by atoms with Crippen molar-refractivity contribution in [2.24, 2.45) is 11.8 Å². The number of rotatable bonds is 4. The molecule has 2 rings (SSSR count). The van der Waals surface area contributed by atoms with E-state index in [2.05, 4.69) is 56.9 Å². The first-order valence-electron chi connectivity index (χ1n) is 7.93. The zero-order valence-electron chi connectivity index (χ0n) is 13.7. The fraction of sp³-hybridized carbons (Fsp3) is 0.611. The van der Waals surface area contributed by atoms with Crippen LogP contribution in [-0.2, 0) is 9.53 Å². The van der Waals surface area contributed by atoms with Crippen molar-refractivity contribution in [3.8, 4) is 0 Å².